The zero-order chi connectivity index (χ0) is 9.26. The lowest BCUT2D eigenvalue weighted by molar-refractivity contribution is 0.412. The van der Waals surface area contributed by atoms with E-state index in [1.54, 1.807) is 7.11 Å². The van der Waals surface area contributed by atoms with Crippen LogP contribution in [0.1, 0.15) is 11.1 Å². The van der Waals surface area contributed by atoms with Gasteiger partial charge in [0.2, 0.25) is 0 Å². The van der Waals surface area contributed by atoms with Gasteiger partial charge < -0.3 is 9.64 Å². The number of nitrogens with zero attached hydrogens (tertiary/aromatic N) is 1. The molecule has 0 saturated carbocycles. The number of hydrogen-bond donors (Lipinski definition) is 0. The molecule has 13 heavy (non-hydrogen) atoms. The van der Waals surface area contributed by atoms with Gasteiger partial charge in [-0.1, -0.05) is 6.07 Å². The van der Waals surface area contributed by atoms with Gasteiger partial charge in [0.05, 0.1) is 7.11 Å². The molecule has 1 heterocycles. The van der Waals surface area contributed by atoms with Crippen LogP contribution in [-0.4, -0.2) is 19.1 Å². The fourth-order valence-corrected chi connectivity index (χ4v) is 1.53. The second-order valence-corrected chi connectivity index (χ2v) is 3.30. The Morgan fingerprint density at radius 1 is 1.38 bits per heavy atom. The Morgan fingerprint density at radius 2 is 2.23 bits per heavy atom. The summed E-state index contributed by atoms with van der Waals surface area (Å²) < 4.78 is 5.16. The van der Waals surface area contributed by atoms with Crippen LogP contribution >= 0.6 is 0 Å². The maximum atomic E-state index is 5.16. The lowest BCUT2D eigenvalue weighted by Crippen LogP contribution is -2.14. The highest BCUT2D eigenvalue weighted by atomic mass is 16.5. The first-order valence-corrected chi connectivity index (χ1v) is 4.35. The standard InChI is InChI=1S/C11H13NO/c1-12-6-5-9-7-11(13-2)4-3-10(9)8-12/h3-7H,8H2,1-2H3. The average Bonchev–Trinajstić information content (AvgIpc) is 2.17. The molecule has 1 aliphatic heterocycles. The van der Waals surface area contributed by atoms with E-state index in [1.165, 1.54) is 11.1 Å². The molecule has 1 aromatic carbocycles. The first-order chi connectivity index (χ1) is 6.29. The topological polar surface area (TPSA) is 12.5 Å². The van der Waals surface area contributed by atoms with Crippen molar-refractivity contribution in [2.75, 3.05) is 14.2 Å². The fourth-order valence-electron chi connectivity index (χ4n) is 1.53. The summed E-state index contributed by atoms with van der Waals surface area (Å²) in [6, 6.07) is 6.19. The van der Waals surface area contributed by atoms with Gasteiger partial charge in [-0.25, -0.2) is 0 Å². The van der Waals surface area contributed by atoms with E-state index in [2.05, 4.69) is 36.4 Å². The van der Waals surface area contributed by atoms with E-state index in [9.17, 15) is 0 Å². The van der Waals surface area contributed by atoms with Crippen molar-refractivity contribution in [1.29, 1.82) is 0 Å². The maximum Gasteiger partial charge on any atom is 0.119 e. The molecule has 68 valence electrons. The largest absolute Gasteiger partial charge is 0.497 e. The van der Waals surface area contributed by atoms with Crippen LogP contribution in [0.25, 0.3) is 6.08 Å². The summed E-state index contributed by atoms with van der Waals surface area (Å²) in [5, 5.41) is 0. The molecule has 0 atom stereocenters. The third-order valence-electron chi connectivity index (χ3n) is 2.28. The van der Waals surface area contributed by atoms with Crippen LogP contribution in [0.15, 0.2) is 24.4 Å². The highest BCUT2D eigenvalue weighted by Gasteiger charge is 2.07. The number of ether oxygens (including phenoxy) is 1. The van der Waals surface area contributed by atoms with Crippen molar-refractivity contribution in [3.63, 3.8) is 0 Å². The Morgan fingerprint density at radius 3 is 3.00 bits per heavy atom. The van der Waals surface area contributed by atoms with Crippen molar-refractivity contribution in [3.05, 3.63) is 35.5 Å². The van der Waals surface area contributed by atoms with Crippen molar-refractivity contribution in [2.24, 2.45) is 0 Å². The minimum Gasteiger partial charge on any atom is -0.497 e. The Balaban J connectivity index is 2.40. The molecule has 0 spiro atoms. The summed E-state index contributed by atoms with van der Waals surface area (Å²) in [5.41, 5.74) is 2.61. The van der Waals surface area contributed by atoms with Crippen molar-refractivity contribution in [2.45, 2.75) is 6.54 Å². The number of rotatable bonds is 1. The molecule has 2 rings (SSSR count). The van der Waals surface area contributed by atoms with E-state index in [1.807, 2.05) is 6.07 Å². The highest BCUT2D eigenvalue weighted by Crippen LogP contribution is 2.23. The van der Waals surface area contributed by atoms with Crippen molar-refractivity contribution < 1.29 is 4.74 Å². The highest BCUT2D eigenvalue weighted by molar-refractivity contribution is 5.57. The second kappa shape index (κ2) is 3.13. The van der Waals surface area contributed by atoms with Gasteiger partial charge in [-0.15, -0.1) is 0 Å². The van der Waals surface area contributed by atoms with Gasteiger partial charge in [-0.2, -0.15) is 0 Å². The predicted octanol–water partition coefficient (Wildman–Crippen LogP) is 2.11. The van der Waals surface area contributed by atoms with E-state index in [4.69, 9.17) is 4.74 Å². The molecule has 0 fully saturated rings. The smallest absolute Gasteiger partial charge is 0.119 e. The van der Waals surface area contributed by atoms with Crippen LogP contribution in [-0.2, 0) is 6.54 Å². The normalized spacial score (nSPS) is 14.2. The fraction of sp³-hybridized carbons (Fsp3) is 0.273. The maximum absolute atomic E-state index is 5.16. The molecule has 1 aliphatic rings. The summed E-state index contributed by atoms with van der Waals surface area (Å²) in [6.07, 6.45) is 4.20. The van der Waals surface area contributed by atoms with Crippen LogP contribution in [0, 0.1) is 0 Å². The van der Waals surface area contributed by atoms with Crippen LogP contribution < -0.4 is 4.74 Å². The van der Waals surface area contributed by atoms with Gasteiger partial charge in [0, 0.05) is 13.6 Å². The van der Waals surface area contributed by atoms with Gasteiger partial charge in [-0.3, -0.25) is 0 Å². The van der Waals surface area contributed by atoms with E-state index in [0.29, 0.717) is 0 Å². The zero-order valence-corrected chi connectivity index (χ0v) is 7.95. The number of hydrogen-bond acceptors (Lipinski definition) is 2. The minimum absolute atomic E-state index is 0.924. The van der Waals surface area contributed by atoms with Gasteiger partial charge >= 0.3 is 0 Å². The number of benzene rings is 1. The third kappa shape index (κ3) is 1.52. The molecule has 0 N–H and O–H groups in total. The monoisotopic (exact) mass is 175 g/mol. The van der Waals surface area contributed by atoms with E-state index < -0.39 is 0 Å². The Bertz CT molecular complexity index is 344. The van der Waals surface area contributed by atoms with E-state index in [-0.39, 0.29) is 0 Å². The van der Waals surface area contributed by atoms with Gasteiger partial charge in [0.1, 0.15) is 5.75 Å². The zero-order valence-electron chi connectivity index (χ0n) is 7.95. The lowest BCUT2D eigenvalue weighted by Gasteiger charge is -2.20. The van der Waals surface area contributed by atoms with Crippen molar-refractivity contribution >= 4 is 6.08 Å². The van der Waals surface area contributed by atoms with Gasteiger partial charge in [-0.05, 0) is 35.5 Å². The first kappa shape index (κ1) is 8.17. The molecule has 1 aromatic rings. The second-order valence-electron chi connectivity index (χ2n) is 3.30. The van der Waals surface area contributed by atoms with Crippen LogP contribution in [0.2, 0.25) is 0 Å². The van der Waals surface area contributed by atoms with Gasteiger partial charge in [0.15, 0.2) is 0 Å². The quantitative estimate of drug-likeness (QED) is 0.648. The predicted molar refractivity (Wildman–Crippen MR) is 53.5 cm³/mol. The van der Waals surface area contributed by atoms with Crippen molar-refractivity contribution in [3.8, 4) is 5.75 Å². The molecule has 0 amide bonds. The molecular weight excluding hydrogens is 162 g/mol. The number of fused-ring (bicyclic) bond motifs is 1. The third-order valence-corrected chi connectivity index (χ3v) is 2.28. The molecule has 2 heteroatoms. The molecule has 0 aromatic heterocycles. The molecule has 0 aliphatic carbocycles. The summed E-state index contributed by atoms with van der Waals surface area (Å²) in [7, 11) is 3.77. The molecule has 0 unspecified atom stereocenters. The Kier molecular flexibility index (Phi) is 1.97. The Hall–Kier alpha value is -1.44. The summed E-state index contributed by atoms with van der Waals surface area (Å²) in [4.78, 5) is 2.16. The minimum atomic E-state index is 0.924. The van der Waals surface area contributed by atoms with Crippen LogP contribution in [0.5, 0.6) is 5.75 Å². The number of methoxy groups -OCH3 is 1. The van der Waals surface area contributed by atoms with Crippen LogP contribution in [0.3, 0.4) is 0 Å². The molecule has 2 nitrogen and oxygen atoms in total. The molecular formula is C11H13NO. The molecule has 0 bridgehead atoms. The Labute approximate surface area is 78.4 Å². The van der Waals surface area contributed by atoms with Gasteiger partial charge in [0.25, 0.3) is 0 Å². The average molecular weight is 175 g/mol. The van der Waals surface area contributed by atoms with E-state index in [0.717, 1.165) is 12.3 Å². The SMILES string of the molecule is COc1ccc2c(c1)C=CN(C)C2. The van der Waals surface area contributed by atoms with E-state index >= 15 is 0 Å². The van der Waals surface area contributed by atoms with Crippen molar-refractivity contribution in [1.82, 2.24) is 4.90 Å². The molecule has 0 saturated heterocycles. The van der Waals surface area contributed by atoms with Crippen LogP contribution in [0.4, 0.5) is 0 Å². The molecule has 0 radical (unpaired) electrons. The summed E-state index contributed by atoms with van der Waals surface area (Å²) in [6.45, 7) is 0.982. The first-order valence-electron chi connectivity index (χ1n) is 4.35. The summed E-state index contributed by atoms with van der Waals surface area (Å²) >= 11 is 0. The lowest BCUT2D eigenvalue weighted by atomic mass is 10.0. The summed E-state index contributed by atoms with van der Waals surface area (Å²) in [5.74, 6) is 0.924.